The molecule has 5 aliphatic rings. The van der Waals surface area contributed by atoms with Gasteiger partial charge < -0.3 is 5.32 Å². The van der Waals surface area contributed by atoms with Gasteiger partial charge in [0.1, 0.15) is 5.66 Å². The van der Waals surface area contributed by atoms with Gasteiger partial charge in [0.15, 0.2) is 0 Å². The van der Waals surface area contributed by atoms with Crippen molar-refractivity contribution in [2.24, 2.45) is 17.3 Å². The summed E-state index contributed by atoms with van der Waals surface area (Å²) in [4.78, 5) is 16.6. The first-order chi connectivity index (χ1) is 15.2. The summed E-state index contributed by atoms with van der Waals surface area (Å²) in [5, 5.41) is 3.81. The third-order valence-electron chi connectivity index (χ3n) is 9.08. The van der Waals surface area contributed by atoms with Crippen LogP contribution in [0, 0.1) is 17.3 Å². The number of benzene rings is 2. The summed E-state index contributed by atoms with van der Waals surface area (Å²) in [6.07, 6.45) is 9.37. The van der Waals surface area contributed by atoms with Crippen LogP contribution in [0.4, 0.5) is 0 Å². The van der Waals surface area contributed by atoms with Gasteiger partial charge in [-0.2, -0.15) is 0 Å². The molecule has 162 valence electrons. The molecule has 0 spiro atoms. The maximum atomic E-state index is 14.0. The van der Waals surface area contributed by atoms with Crippen molar-refractivity contribution in [3.8, 4) is 0 Å². The molecule has 1 N–H and O–H groups in total. The number of fused-ring (bicyclic) bond motifs is 5. The Morgan fingerprint density at radius 1 is 0.806 bits per heavy atom. The molecule has 0 aromatic heterocycles. The standard InChI is InChI=1S/C28H34N2O/c31-26(27-15-11-21(19-27)12-16-27)29-28(20-22-13-17-30(28)18-14-22)25(23-7-3-1-4-8-23)24-9-5-2-6-10-24/h1-10,21-22,25H,11-20H2,(H,29,31). The number of amides is 1. The summed E-state index contributed by atoms with van der Waals surface area (Å²) in [6, 6.07) is 21.8. The van der Waals surface area contributed by atoms with Crippen molar-refractivity contribution >= 4 is 5.91 Å². The van der Waals surface area contributed by atoms with Crippen molar-refractivity contribution in [1.82, 2.24) is 10.2 Å². The second kappa shape index (κ2) is 7.48. The number of nitrogens with zero attached hydrogens (tertiary/aromatic N) is 1. The van der Waals surface area contributed by atoms with Crippen LogP contribution < -0.4 is 5.32 Å². The monoisotopic (exact) mass is 414 g/mol. The van der Waals surface area contributed by atoms with E-state index in [0.717, 1.165) is 44.7 Å². The van der Waals surface area contributed by atoms with Crippen molar-refractivity contribution in [3.63, 3.8) is 0 Å². The van der Waals surface area contributed by atoms with Gasteiger partial charge in [0.2, 0.25) is 5.91 Å². The summed E-state index contributed by atoms with van der Waals surface area (Å²) >= 11 is 0. The zero-order valence-electron chi connectivity index (χ0n) is 18.4. The van der Waals surface area contributed by atoms with E-state index >= 15 is 0 Å². The lowest BCUT2D eigenvalue weighted by atomic mass is 9.68. The summed E-state index contributed by atoms with van der Waals surface area (Å²) in [5.74, 6) is 1.98. The Bertz CT molecular complexity index is 886. The zero-order valence-corrected chi connectivity index (χ0v) is 18.4. The van der Waals surface area contributed by atoms with Crippen LogP contribution in [-0.2, 0) is 4.79 Å². The summed E-state index contributed by atoms with van der Waals surface area (Å²) in [5.41, 5.74) is 2.20. The molecule has 2 aliphatic carbocycles. The molecule has 2 aromatic rings. The van der Waals surface area contributed by atoms with Crippen LogP contribution in [0.3, 0.4) is 0 Å². The molecule has 31 heavy (non-hydrogen) atoms. The third-order valence-corrected chi connectivity index (χ3v) is 9.08. The van der Waals surface area contributed by atoms with E-state index in [-0.39, 0.29) is 17.0 Å². The second-order valence-corrected chi connectivity index (χ2v) is 10.7. The number of piperidine rings is 3. The Morgan fingerprint density at radius 2 is 1.35 bits per heavy atom. The average Bonchev–Trinajstić information content (AvgIpc) is 3.44. The molecular weight excluding hydrogens is 380 g/mol. The predicted octanol–water partition coefficient (Wildman–Crippen LogP) is 5.33. The van der Waals surface area contributed by atoms with E-state index in [1.807, 2.05) is 0 Å². The van der Waals surface area contributed by atoms with E-state index < -0.39 is 0 Å². The van der Waals surface area contributed by atoms with E-state index in [0.29, 0.717) is 11.8 Å². The van der Waals surface area contributed by atoms with Crippen LogP contribution in [0.15, 0.2) is 60.7 Å². The van der Waals surface area contributed by atoms with Crippen LogP contribution in [0.25, 0.3) is 0 Å². The molecule has 5 fully saturated rings. The van der Waals surface area contributed by atoms with Crippen LogP contribution in [0.1, 0.15) is 68.4 Å². The van der Waals surface area contributed by atoms with E-state index in [9.17, 15) is 4.79 Å². The molecule has 0 radical (unpaired) electrons. The van der Waals surface area contributed by atoms with Gasteiger partial charge in [0.05, 0.1) is 0 Å². The summed E-state index contributed by atoms with van der Waals surface area (Å²) in [6.45, 7) is 2.19. The molecule has 3 aliphatic heterocycles. The maximum Gasteiger partial charge on any atom is 0.227 e. The molecule has 1 atom stereocenters. The highest BCUT2D eigenvalue weighted by Crippen LogP contribution is 2.55. The predicted molar refractivity (Wildman–Crippen MR) is 124 cm³/mol. The summed E-state index contributed by atoms with van der Waals surface area (Å²) < 4.78 is 0. The van der Waals surface area contributed by atoms with Gasteiger partial charge in [0, 0.05) is 24.4 Å². The van der Waals surface area contributed by atoms with Gasteiger partial charge in [-0.1, -0.05) is 60.7 Å². The average molecular weight is 415 g/mol. The maximum absolute atomic E-state index is 14.0. The van der Waals surface area contributed by atoms with E-state index in [2.05, 4.69) is 70.9 Å². The topological polar surface area (TPSA) is 32.3 Å². The van der Waals surface area contributed by atoms with E-state index in [1.54, 1.807) is 0 Å². The number of nitrogens with one attached hydrogen (secondary N) is 1. The normalized spacial score (nSPS) is 36.1. The van der Waals surface area contributed by atoms with E-state index in [1.165, 1.54) is 36.8 Å². The van der Waals surface area contributed by atoms with Crippen molar-refractivity contribution < 1.29 is 4.79 Å². The largest absolute Gasteiger partial charge is 0.336 e. The fourth-order valence-electron chi connectivity index (χ4n) is 7.48. The second-order valence-electron chi connectivity index (χ2n) is 10.7. The first-order valence-electron chi connectivity index (χ1n) is 12.4. The molecule has 3 heterocycles. The lowest BCUT2D eigenvalue weighted by Gasteiger charge is -2.58. The highest BCUT2D eigenvalue weighted by Gasteiger charge is 2.56. The van der Waals surface area contributed by atoms with Gasteiger partial charge in [-0.3, -0.25) is 9.69 Å². The highest BCUT2D eigenvalue weighted by molar-refractivity contribution is 5.84. The Hall–Kier alpha value is -2.13. The first-order valence-corrected chi connectivity index (χ1v) is 12.4. The van der Waals surface area contributed by atoms with Crippen molar-refractivity contribution in [3.05, 3.63) is 71.8 Å². The lowest BCUT2D eigenvalue weighted by molar-refractivity contribution is -0.141. The molecular formula is C28H34N2O. The molecule has 3 nitrogen and oxygen atoms in total. The van der Waals surface area contributed by atoms with Gasteiger partial charge in [-0.25, -0.2) is 0 Å². The van der Waals surface area contributed by atoms with Crippen molar-refractivity contribution in [2.75, 3.05) is 13.1 Å². The first kappa shape index (κ1) is 19.5. The zero-order chi connectivity index (χ0) is 20.9. The van der Waals surface area contributed by atoms with Gasteiger partial charge in [-0.05, 0) is 74.3 Å². The van der Waals surface area contributed by atoms with Crippen LogP contribution in [-0.4, -0.2) is 29.6 Å². The van der Waals surface area contributed by atoms with Crippen molar-refractivity contribution in [2.45, 2.75) is 62.9 Å². The van der Waals surface area contributed by atoms with Crippen LogP contribution >= 0.6 is 0 Å². The number of hydrogen-bond donors (Lipinski definition) is 1. The van der Waals surface area contributed by atoms with Gasteiger partial charge in [-0.15, -0.1) is 0 Å². The Labute approximate surface area is 186 Å². The molecule has 2 aromatic carbocycles. The Morgan fingerprint density at radius 3 is 1.81 bits per heavy atom. The SMILES string of the molecule is O=C(NC1(C(c2ccccc2)c2ccccc2)CC2CCN1CC2)C12CCC(CC1)C2. The Balaban J connectivity index is 1.46. The molecule has 1 unspecified atom stereocenters. The number of rotatable bonds is 5. The van der Waals surface area contributed by atoms with Crippen LogP contribution in [0.5, 0.6) is 0 Å². The fraction of sp³-hybridized carbons (Fsp3) is 0.536. The fourth-order valence-corrected chi connectivity index (χ4v) is 7.48. The summed E-state index contributed by atoms with van der Waals surface area (Å²) in [7, 11) is 0. The van der Waals surface area contributed by atoms with Crippen molar-refractivity contribution in [1.29, 1.82) is 0 Å². The van der Waals surface area contributed by atoms with Gasteiger partial charge >= 0.3 is 0 Å². The number of hydrogen-bond acceptors (Lipinski definition) is 2. The van der Waals surface area contributed by atoms with Gasteiger partial charge in [0.25, 0.3) is 0 Å². The molecule has 7 rings (SSSR count). The molecule has 2 saturated carbocycles. The lowest BCUT2D eigenvalue weighted by Crippen LogP contribution is -2.70. The minimum Gasteiger partial charge on any atom is -0.336 e. The minimum absolute atomic E-state index is 0.104. The Kier molecular flexibility index (Phi) is 4.72. The van der Waals surface area contributed by atoms with E-state index in [4.69, 9.17) is 0 Å². The number of carbonyl (C=O) groups is 1. The number of carbonyl (C=O) groups excluding carboxylic acids is 1. The smallest absolute Gasteiger partial charge is 0.227 e. The van der Waals surface area contributed by atoms with Crippen LogP contribution in [0.2, 0.25) is 0 Å². The highest BCUT2D eigenvalue weighted by atomic mass is 16.2. The quantitative estimate of drug-likeness (QED) is 0.717. The third kappa shape index (κ3) is 3.16. The molecule has 3 heteroatoms. The molecule has 1 amide bonds. The molecule has 3 saturated heterocycles. The molecule has 4 bridgehead atoms. The minimum atomic E-state index is -0.323.